The Labute approximate surface area is 224 Å². The number of benzene rings is 1. The van der Waals surface area contributed by atoms with E-state index in [0.29, 0.717) is 13.0 Å². The number of anilines is 1. The number of nitrogens with zero attached hydrogens (tertiary/aromatic N) is 3. The number of carbonyl (C=O) groups excluding carboxylic acids is 3. The van der Waals surface area contributed by atoms with Gasteiger partial charge in [0.05, 0.1) is 6.54 Å². The number of carbonyl (C=O) groups is 3. The first-order valence-electron chi connectivity index (χ1n) is 14.2. The number of rotatable bonds is 5. The molecule has 2 saturated heterocycles. The highest BCUT2D eigenvalue weighted by molar-refractivity contribution is 6.06. The minimum Gasteiger partial charge on any atom is -0.461 e. The van der Waals surface area contributed by atoms with Gasteiger partial charge in [0.2, 0.25) is 23.7 Å². The molecule has 3 fully saturated rings. The van der Waals surface area contributed by atoms with Gasteiger partial charge in [0.15, 0.2) is 0 Å². The molecule has 1 atom stereocenters. The summed E-state index contributed by atoms with van der Waals surface area (Å²) in [6, 6.07) is 7.02. The maximum atomic E-state index is 13.5. The fourth-order valence-electron chi connectivity index (χ4n) is 5.82. The third-order valence-corrected chi connectivity index (χ3v) is 7.94. The smallest absolute Gasteiger partial charge is 0.247 e. The van der Waals surface area contributed by atoms with Crippen molar-refractivity contribution >= 4 is 40.3 Å². The number of fused-ring (bicyclic) bond motifs is 1. The summed E-state index contributed by atoms with van der Waals surface area (Å²) in [4.78, 5) is 47.8. The van der Waals surface area contributed by atoms with Crippen LogP contribution in [0.15, 0.2) is 33.7 Å². The summed E-state index contributed by atoms with van der Waals surface area (Å²) in [5.41, 5.74) is 1.54. The van der Waals surface area contributed by atoms with E-state index in [0.717, 1.165) is 93.3 Å². The number of aliphatic imine (C=N–C) groups is 1. The van der Waals surface area contributed by atoms with Crippen molar-refractivity contribution < 1.29 is 18.8 Å². The van der Waals surface area contributed by atoms with Gasteiger partial charge in [0.25, 0.3) is 0 Å². The van der Waals surface area contributed by atoms with Crippen LogP contribution in [0.25, 0.3) is 11.0 Å². The second-order valence-corrected chi connectivity index (χ2v) is 10.9. The molecule has 1 unspecified atom stereocenters. The number of furan rings is 1. The predicted molar refractivity (Wildman–Crippen MR) is 147 cm³/mol. The number of amides is 3. The van der Waals surface area contributed by atoms with Crippen LogP contribution >= 0.6 is 0 Å². The zero-order valence-corrected chi connectivity index (χ0v) is 22.3. The van der Waals surface area contributed by atoms with E-state index in [2.05, 4.69) is 10.6 Å². The Kier molecular flexibility index (Phi) is 8.29. The summed E-state index contributed by atoms with van der Waals surface area (Å²) in [6.45, 7) is 4.09. The monoisotopic (exact) mass is 521 g/mol. The molecule has 2 aliphatic heterocycles. The van der Waals surface area contributed by atoms with E-state index in [-0.39, 0.29) is 36.1 Å². The number of guanidine groups is 1. The Hall–Kier alpha value is -3.36. The van der Waals surface area contributed by atoms with Crippen LogP contribution in [-0.2, 0) is 14.4 Å². The quantitative estimate of drug-likeness (QED) is 0.453. The van der Waals surface area contributed by atoms with Crippen molar-refractivity contribution in [2.75, 3.05) is 31.5 Å². The number of nitrogens with one attached hydrogen (secondary N) is 2. The lowest BCUT2D eigenvalue weighted by Gasteiger charge is -2.26. The molecular formula is C29H39N5O4. The molecule has 1 aromatic carbocycles. The topological polar surface area (TPSA) is 107 Å². The summed E-state index contributed by atoms with van der Waals surface area (Å²) >= 11 is 0. The van der Waals surface area contributed by atoms with Crippen molar-refractivity contribution in [1.82, 2.24) is 15.1 Å². The zero-order chi connectivity index (χ0) is 26.5. The standard InChI is InChI=1S/C29H39N5O4/c1-20-17-22-18-23(12-13-25(22)38-20)30-29(32-27(36)21-9-3-2-4-10-21)31-24-11-5-6-16-34(28(24)37)19-26(35)33-14-7-8-15-33/h12-13,17-18,21,24H,2-11,14-16,19H2,1H3,(H2,30,31,32,36). The van der Waals surface area contributed by atoms with Gasteiger partial charge in [-0.25, -0.2) is 4.99 Å². The Morgan fingerprint density at radius 1 is 0.974 bits per heavy atom. The minimum absolute atomic E-state index is 0.00753. The minimum atomic E-state index is -0.655. The highest BCUT2D eigenvalue weighted by Gasteiger charge is 2.31. The largest absolute Gasteiger partial charge is 0.461 e. The van der Waals surface area contributed by atoms with Crippen molar-refractivity contribution in [3.05, 3.63) is 30.0 Å². The lowest BCUT2D eigenvalue weighted by atomic mass is 9.89. The molecule has 2 N–H and O–H groups in total. The maximum Gasteiger partial charge on any atom is 0.247 e. The normalized spacial score (nSPS) is 21.6. The molecule has 3 aliphatic rings. The SMILES string of the molecule is Cc1cc2cc(NC(=NC3CCCCN(CC(=O)N4CCCC4)C3=O)NC(=O)C3CCCCC3)ccc2o1. The number of hydrogen-bond donors (Lipinski definition) is 2. The molecule has 0 spiro atoms. The van der Waals surface area contributed by atoms with Crippen LogP contribution in [0.4, 0.5) is 5.69 Å². The van der Waals surface area contributed by atoms with Gasteiger partial charge in [-0.3, -0.25) is 19.7 Å². The molecular weight excluding hydrogens is 482 g/mol. The van der Waals surface area contributed by atoms with E-state index in [9.17, 15) is 14.4 Å². The molecule has 3 amide bonds. The molecule has 5 rings (SSSR count). The summed E-state index contributed by atoms with van der Waals surface area (Å²) in [7, 11) is 0. The zero-order valence-electron chi connectivity index (χ0n) is 22.3. The van der Waals surface area contributed by atoms with Gasteiger partial charge in [-0.15, -0.1) is 0 Å². The van der Waals surface area contributed by atoms with Crippen LogP contribution in [0, 0.1) is 12.8 Å². The third kappa shape index (κ3) is 6.37. The second-order valence-electron chi connectivity index (χ2n) is 10.9. The van der Waals surface area contributed by atoms with Gasteiger partial charge in [-0.2, -0.15) is 0 Å². The summed E-state index contributed by atoms with van der Waals surface area (Å²) < 4.78 is 5.69. The van der Waals surface area contributed by atoms with Gasteiger partial charge < -0.3 is 19.5 Å². The second kappa shape index (κ2) is 12.0. The third-order valence-electron chi connectivity index (χ3n) is 7.94. The fourth-order valence-corrected chi connectivity index (χ4v) is 5.82. The molecule has 1 saturated carbocycles. The molecule has 38 heavy (non-hydrogen) atoms. The fraction of sp³-hybridized carbons (Fsp3) is 0.586. The molecule has 0 bridgehead atoms. The van der Waals surface area contributed by atoms with Crippen molar-refractivity contribution in [2.24, 2.45) is 10.9 Å². The van der Waals surface area contributed by atoms with Crippen LogP contribution < -0.4 is 10.6 Å². The van der Waals surface area contributed by atoms with E-state index in [1.54, 1.807) is 4.90 Å². The first kappa shape index (κ1) is 26.3. The molecule has 9 nitrogen and oxygen atoms in total. The van der Waals surface area contributed by atoms with Gasteiger partial charge >= 0.3 is 0 Å². The molecule has 1 aliphatic carbocycles. The number of aryl methyl sites for hydroxylation is 1. The van der Waals surface area contributed by atoms with E-state index < -0.39 is 6.04 Å². The Balaban J connectivity index is 1.36. The summed E-state index contributed by atoms with van der Waals surface area (Å²) in [6.07, 6.45) is 9.29. The Morgan fingerprint density at radius 3 is 2.50 bits per heavy atom. The average molecular weight is 522 g/mol. The molecule has 204 valence electrons. The van der Waals surface area contributed by atoms with E-state index in [4.69, 9.17) is 9.41 Å². The van der Waals surface area contributed by atoms with Crippen LogP contribution in [0.5, 0.6) is 0 Å². The van der Waals surface area contributed by atoms with Gasteiger partial charge in [-0.1, -0.05) is 19.3 Å². The first-order valence-corrected chi connectivity index (χ1v) is 14.2. The van der Waals surface area contributed by atoms with Crippen molar-refractivity contribution in [3.63, 3.8) is 0 Å². The maximum absolute atomic E-state index is 13.5. The summed E-state index contributed by atoms with van der Waals surface area (Å²) in [5, 5.41) is 7.22. The van der Waals surface area contributed by atoms with Crippen LogP contribution in [0.2, 0.25) is 0 Å². The van der Waals surface area contributed by atoms with Crippen LogP contribution in [-0.4, -0.2) is 65.7 Å². The average Bonchev–Trinajstić information content (AvgIpc) is 3.55. The van der Waals surface area contributed by atoms with Crippen molar-refractivity contribution in [2.45, 2.75) is 77.2 Å². The first-order chi connectivity index (χ1) is 18.5. The predicted octanol–water partition coefficient (Wildman–Crippen LogP) is 4.21. The van der Waals surface area contributed by atoms with Crippen LogP contribution in [0.1, 0.15) is 70.0 Å². The summed E-state index contributed by atoms with van der Waals surface area (Å²) in [5.74, 6) is 0.860. The molecule has 2 aromatic rings. The van der Waals surface area contributed by atoms with E-state index in [1.165, 1.54) is 0 Å². The van der Waals surface area contributed by atoms with E-state index in [1.807, 2.05) is 36.1 Å². The van der Waals surface area contributed by atoms with Gasteiger partial charge in [-0.05, 0) is 76.1 Å². The van der Waals surface area contributed by atoms with Gasteiger partial charge in [0, 0.05) is 36.6 Å². The molecule has 3 heterocycles. The van der Waals surface area contributed by atoms with Crippen molar-refractivity contribution in [1.29, 1.82) is 0 Å². The lowest BCUT2D eigenvalue weighted by Crippen LogP contribution is -2.46. The van der Waals surface area contributed by atoms with Crippen molar-refractivity contribution in [3.8, 4) is 0 Å². The molecule has 1 aromatic heterocycles. The lowest BCUT2D eigenvalue weighted by molar-refractivity contribution is -0.140. The van der Waals surface area contributed by atoms with E-state index >= 15 is 0 Å². The Bertz CT molecular complexity index is 1190. The highest BCUT2D eigenvalue weighted by Crippen LogP contribution is 2.25. The number of likely N-dealkylation sites (tertiary alicyclic amines) is 2. The highest BCUT2D eigenvalue weighted by atomic mass is 16.3. The van der Waals surface area contributed by atoms with Gasteiger partial charge in [0.1, 0.15) is 17.4 Å². The Morgan fingerprint density at radius 2 is 1.71 bits per heavy atom. The molecule has 9 heteroatoms. The number of hydrogen-bond acceptors (Lipinski definition) is 5. The molecule has 0 radical (unpaired) electrons. The van der Waals surface area contributed by atoms with Crippen LogP contribution in [0.3, 0.4) is 0 Å².